The van der Waals surface area contributed by atoms with Crippen LogP contribution in [0, 0.1) is 0 Å². The Kier molecular flexibility index (Phi) is 4.20. The third-order valence-electron chi connectivity index (χ3n) is 2.90. The molecule has 1 aromatic carbocycles. The molecule has 0 saturated carbocycles. The van der Waals surface area contributed by atoms with Crippen molar-refractivity contribution in [2.24, 2.45) is 0 Å². The molecule has 3 rings (SSSR count). The lowest BCUT2D eigenvalue weighted by Gasteiger charge is -2.00. The van der Waals surface area contributed by atoms with Gasteiger partial charge in [-0.15, -0.1) is 5.10 Å². The number of ether oxygens (including phenoxy) is 1. The maximum Gasteiger partial charge on any atom is 0.290 e. The predicted octanol–water partition coefficient (Wildman–Crippen LogP) is 2.84. The molecule has 0 aliphatic rings. The second-order valence-electron chi connectivity index (χ2n) is 4.58. The highest BCUT2D eigenvalue weighted by atomic mass is 35.5. The van der Waals surface area contributed by atoms with Crippen molar-refractivity contribution >= 4 is 23.2 Å². The summed E-state index contributed by atoms with van der Waals surface area (Å²) in [6.45, 7) is 0. The second kappa shape index (κ2) is 6.45. The van der Waals surface area contributed by atoms with Crippen LogP contribution in [0.4, 0.5) is 0 Å². The number of hydrogen-bond acceptors (Lipinski definition) is 6. The molecule has 0 bridgehead atoms. The lowest BCUT2D eigenvalue weighted by atomic mass is 10.1. The van der Waals surface area contributed by atoms with Gasteiger partial charge in [-0.05, 0) is 24.3 Å². The van der Waals surface area contributed by atoms with Crippen molar-refractivity contribution in [1.29, 1.82) is 0 Å². The van der Waals surface area contributed by atoms with Crippen molar-refractivity contribution in [3.8, 4) is 11.7 Å². The molecule has 2 aromatic heterocycles. The van der Waals surface area contributed by atoms with Crippen molar-refractivity contribution in [1.82, 2.24) is 15.2 Å². The number of furan rings is 1. The zero-order valence-electron chi connectivity index (χ0n) is 11.7. The van der Waals surface area contributed by atoms with Crippen LogP contribution < -0.4 is 4.74 Å². The van der Waals surface area contributed by atoms with Gasteiger partial charge in [0.2, 0.25) is 11.6 Å². The standard InChI is InChI=1S/C15H10ClN3O4/c16-10-1-3-11(4-2-10)23-13-6-9(7-22-13)5-12(20)14(21)15-17-8-18-19-15/h1-4,6-8H,5H2,(H,17,18,19). The summed E-state index contributed by atoms with van der Waals surface area (Å²) < 4.78 is 10.7. The molecule has 7 nitrogen and oxygen atoms in total. The van der Waals surface area contributed by atoms with E-state index in [1.807, 2.05) is 0 Å². The fourth-order valence-corrected chi connectivity index (χ4v) is 1.95. The van der Waals surface area contributed by atoms with Gasteiger partial charge in [0.05, 0.1) is 6.26 Å². The summed E-state index contributed by atoms with van der Waals surface area (Å²) in [5.41, 5.74) is 0.517. The average Bonchev–Trinajstić information content (AvgIpc) is 3.21. The normalized spacial score (nSPS) is 10.5. The molecule has 0 fully saturated rings. The molecule has 0 spiro atoms. The molecular weight excluding hydrogens is 322 g/mol. The van der Waals surface area contributed by atoms with Gasteiger partial charge in [-0.1, -0.05) is 11.6 Å². The van der Waals surface area contributed by atoms with Crippen LogP contribution in [0.1, 0.15) is 16.2 Å². The lowest BCUT2D eigenvalue weighted by molar-refractivity contribution is -0.114. The second-order valence-corrected chi connectivity index (χ2v) is 5.02. The Morgan fingerprint density at radius 3 is 2.74 bits per heavy atom. The number of nitrogens with zero attached hydrogens (tertiary/aromatic N) is 2. The molecule has 116 valence electrons. The van der Waals surface area contributed by atoms with Gasteiger partial charge < -0.3 is 9.15 Å². The third-order valence-corrected chi connectivity index (χ3v) is 3.15. The van der Waals surface area contributed by atoms with Gasteiger partial charge in [-0.2, -0.15) is 0 Å². The first-order valence-electron chi connectivity index (χ1n) is 6.56. The van der Waals surface area contributed by atoms with Gasteiger partial charge in [0.25, 0.3) is 11.7 Å². The van der Waals surface area contributed by atoms with E-state index in [1.54, 1.807) is 24.3 Å². The number of nitrogens with one attached hydrogen (secondary N) is 1. The van der Waals surface area contributed by atoms with Crippen molar-refractivity contribution in [2.45, 2.75) is 6.42 Å². The SMILES string of the molecule is O=C(Cc1coc(Oc2ccc(Cl)cc2)c1)C(=O)c1nc[nH]n1. The lowest BCUT2D eigenvalue weighted by Crippen LogP contribution is -2.17. The molecule has 0 radical (unpaired) electrons. The van der Waals surface area contributed by atoms with Gasteiger partial charge in [-0.3, -0.25) is 14.7 Å². The number of H-pyrrole nitrogens is 1. The van der Waals surface area contributed by atoms with Crippen LogP contribution in [-0.4, -0.2) is 26.7 Å². The summed E-state index contributed by atoms with van der Waals surface area (Å²) in [5.74, 6) is -0.800. The van der Waals surface area contributed by atoms with E-state index in [0.717, 1.165) is 0 Å². The number of hydrogen-bond donors (Lipinski definition) is 1. The smallest absolute Gasteiger partial charge is 0.290 e. The van der Waals surface area contributed by atoms with Crippen LogP contribution in [-0.2, 0) is 11.2 Å². The number of carbonyl (C=O) groups excluding carboxylic acids is 2. The molecular formula is C15H10ClN3O4. The van der Waals surface area contributed by atoms with Gasteiger partial charge in [0.1, 0.15) is 12.1 Å². The van der Waals surface area contributed by atoms with Crippen molar-refractivity contribution in [3.63, 3.8) is 0 Å². The first-order chi connectivity index (χ1) is 11.1. The number of aromatic nitrogens is 3. The van der Waals surface area contributed by atoms with Crippen LogP contribution in [0.25, 0.3) is 0 Å². The first-order valence-corrected chi connectivity index (χ1v) is 6.94. The highest BCUT2D eigenvalue weighted by Gasteiger charge is 2.21. The van der Waals surface area contributed by atoms with E-state index in [9.17, 15) is 9.59 Å². The summed E-state index contributed by atoms with van der Waals surface area (Å²) >= 11 is 5.79. The van der Waals surface area contributed by atoms with E-state index in [2.05, 4.69) is 15.2 Å². The summed E-state index contributed by atoms with van der Waals surface area (Å²) in [7, 11) is 0. The minimum atomic E-state index is -0.757. The molecule has 0 aliphatic carbocycles. The van der Waals surface area contributed by atoms with Crippen LogP contribution in [0.3, 0.4) is 0 Å². The summed E-state index contributed by atoms with van der Waals surface area (Å²) in [6, 6.07) is 8.27. The van der Waals surface area contributed by atoms with Crippen molar-refractivity contribution in [2.75, 3.05) is 0 Å². The van der Waals surface area contributed by atoms with E-state index in [-0.39, 0.29) is 18.2 Å². The molecule has 8 heteroatoms. The van der Waals surface area contributed by atoms with E-state index in [4.69, 9.17) is 20.8 Å². The summed E-state index contributed by atoms with van der Waals surface area (Å²) in [5, 5.41) is 6.56. The van der Waals surface area contributed by atoms with E-state index in [1.165, 1.54) is 18.7 Å². The van der Waals surface area contributed by atoms with Crippen molar-refractivity contribution < 1.29 is 18.7 Å². The number of benzene rings is 1. The fourth-order valence-electron chi connectivity index (χ4n) is 1.83. The minimum Gasteiger partial charge on any atom is -0.434 e. The van der Waals surface area contributed by atoms with Gasteiger partial charge >= 0.3 is 0 Å². The Bertz CT molecular complexity index is 825. The summed E-state index contributed by atoms with van der Waals surface area (Å²) in [6.07, 6.45) is 2.46. The highest BCUT2D eigenvalue weighted by molar-refractivity contribution is 6.43. The predicted molar refractivity (Wildman–Crippen MR) is 79.7 cm³/mol. The molecule has 2 heterocycles. The molecule has 3 aromatic rings. The number of ketones is 2. The molecule has 0 aliphatic heterocycles. The maximum atomic E-state index is 11.9. The van der Waals surface area contributed by atoms with E-state index >= 15 is 0 Å². The van der Waals surface area contributed by atoms with Crippen LogP contribution in [0.5, 0.6) is 11.7 Å². The number of Topliss-reactive ketones (excluding diaryl/α,β-unsaturated/α-hetero) is 2. The summed E-state index contributed by atoms with van der Waals surface area (Å²) in [4.78, 5) is 27.3. The Balaban J connectivity index is 1.64. The van der Waals surface area contributed by atoms with E-state index < -0.39 is 11.6 Å². The molecule has 0 saturated heterocycles. The monoisotopic (exact) mass is 331 g/mol. The fraction of sp³-hybridized carbons (Fsp3) is 0.0667. The molecule has 23 heavy (non-hydrogen) atoms. The van der Waals surface area contributed by atoms with Gasteiger partial charge in [0.15, 0.2) is 0 Å². The van der Waals surface area contributed by atoms with Crippen LogP contribution in [0.15, 0.2) is 47.3 Å². The quantitative estimate of drug-likeness (QED) is 0.551. The number of halogens is 1. The molecule has 0 atom stereocenters. The zero-order chi connectivity index (χ0) is 16.2. The Morgan fingerprint density at radius 2 is 2.04 bits per heavy atom. The number of aromatic amines is 1. The molecule has 0 unspecified atom stereocenters. The zero-order valence-corrected chi connectivity index (χ0v) is 12.4. The average molecular weight is 332 g/mol. The molecule has 0 amide bonds. The topological polar surface area (TPSA) is 98.1 Å². The number of carbonyl (C=O) groups is 2. The Labute approximate surface area is 135 Å². The minimum absolute atomic E-state index is 0.124. The van der Waals surface area contributed by atoms with Gasteiger partial charge in [0, 0.05) is 23.1 Å². The Hall–Kier alpha value is -2.93. The van der Waals surface area contributed by atoms with Crippen molar-refractivity contribution in [3.05, 3.63) is 59.3 Å². The maximum absolute atomic E-state index is 11.9. The Morgan fingerprint density at radius 1 is 1.26 bits per heavy atom. The molecule has 1 N–H and O–H groups in total. The first kappa shape index (κ1) is 15.0. The number of rotatable bonds is 6. The van der Waals surface area contributed by atoms with E-state index in [0.29, 0.717) is 16.3 Å². The van der Waals surface area contributed by atoms with Crippen LogP contribution >= 0.6 is 11.6 Å². The third kappa shape index (κ3) is 3.64. The van der Waals surface area contributed by atoms with Crippen LogP contribution in [0.2, 0.25) is 5.02 Å². The largest absolute Gasteiger partial charge is 0.434 e. The highest BCUT2D eigenvalue weighted by Crippen LogP contribution is 2.25. The van der Waals surface area contributed by atoms with Gasteiger partial charge in [-0.25, -0.2) is 4.98 Å².